The monoisotopic (exact) mass is 191 g/mol. The minimum absolute atomic E-state index is 0.0732. The Morgan fingerprint density at radius 2 is 2.08 bits per heavy atom. The Labute approximate surface area is 77.3 Å². The molecule has 1 rings (SSSR count). The lowest BCUT2D eigenvalue weighted by atomic mass is 10.0. The molecule has 5 nitrogen and oxygen atoms in total. The third-order valence-electron chi connectivity index (χ3n) is 2.15. The van der Waals surface area contributed by atoms with Gasteiger partial charge in [0, 0.05) is 13.0 Å². The van der Waals surface area contributed by atoms with Gasteiger partial charge in [0.05, 0.1) is 6.10 Å². The standard InChI is InChI=1S/C8H17NO4/c1-2-9-4-6-8(12)5(10)3-7(11)13-6/h5-12H,2-4H2,1H3/t5-,6-,7-,8+/m1/s1. The minimum atomic E-state index is -0.970. The molecule has 0 aromatic heterocycles. The summed E-state index contributed by atoms with van der Waals surface area (Å²) in [6, 6.07) is 0. The van der Waals surface area contributed by atoms with Gasteiger partial charge in [0.25, 0.3) is 0 Å². The highest BCUT2D eigenvalue weighted by Gasteiger charge is 2.35. The number of aliphatic hydroxyl groups excluding tert-OH is 3. The van der Waals surface area contributed by atoms with E-state index in [-0.39, 0.29) is 6.42 Å². The minimum Gasteiger partial charge on any atom is -0.390 e. The Bertz CT molecular complexity index is 155. The van der Waals surface area contributed by atoms with E-state index >= 15 is 0 Å². The maximum atomic E-state index is 9.46. The molecule has 0 amide bonds. The summed E-state index contributed by atoms with van der Waals surface area (Å²) in [5, 5.41) is 30.9. The maximum Gasteiger partial charge on any atom is 0.157 e. The number of hydrogen-bond acceptors (Lipinski definition) is 5. The Balaban J connectivity index is 2.41. The molecule has 0 unspecified atom stereocenters. The molecule has 13 heavy (non-hydrogen) atoms. The number of rotatable bonds is 3. The van der Waals surface area contributed by atoms with Gasteiger partial charge in [-0.1, -0.05) is 6.92 Å². The highest BCUT2D eigenvalue weighted by atomic mass is 16.6. The third kappa shape index (κ3) is 2.89. The summed E-state index contributed by atoms with van der Waals surface area (Å²) in [6.07, 6.45) is -3.24. The molecule has 0 aromatic carbocycles. The van der Waals surface area contributed by atoms with Gasteiger partial charge in [-0.25, -0.2) is 0 Å². The Hall–Kier alpha value is -0.200. The summed E-state index contributed by atoms with van der Waals surface area (Å²) in [4.78, 5) is 0. The molecule has 0 aliphatic carbocycles. The normalized spacial score (nSPS) is 40.6. The lowest BCUT2D eigenvalue weighted by Gasteiger charge is -2.34. The summed E-state index contributed by atoms with van der Waals surface area (Å²) < 4.78 is 5.05. The van der Waals surface area contributed by atoms with E-state index in [0.717, 1.165) is 6.54 Å². The van der Waals surface area contributed by atoms with Gasteiger partial charge in [-0.3, -0.25) is 0 Å². The third-order valence-corrected chi connectivity index (χ3v) is 2.15. The molecule has 1 heterocycles. The number of likely N-dealkylation sites (N-methyl/N-ethyl adjacent to an activating group) is 1. The first-order valence-electron chi connectivity index (χ1n) is 4.55. The second kappa shape index (κ2) is 4.88. The Morgan fingerprint density at radius 3 is 2.69 bits per heavy atom. The van der Waals surface area contributed by atoms with Crippen molar-refractivity contribution in [3.63, 3.8) is 0 Å². The average molecular weight is 191 g/mol. The molecule has 1 saturated heterocycles. The van der Waals surface area contributed by atoms with Crippen LogP contribution in [0.3, 0.4) is 0 Å². The highest BCUT2D eigenvalue weighted by molar-refractivity contribution is 4.83. The van der Waals surface area contributed by atoms with Crippen molar-refractivity contribution >= 4 is 0 Å². The topological polar surface area (TPSA) is 82.0 Å². The van der Waals surface area contributed by atoms with Crippen LogP contribution in [0.25, 0.3) is 0 Å². The molecule has 5 heteroatoms. The van der Waals surface area contributed by atoms with E-state index in [0.29, 0.717) is 6.54 Å². The van der Waals surface area contributed by atoms with Crippen LogP contribution >= 0.6 is 0 Å². The fraction of sp³-hybridized carbons (Fsp3) is 1.00. The quantitative estimate of drug-likeness (QED) is 0.433. The van der Waals surface area contributed by atoms with Crippen molar-refractivity contribution in [3.8, 4) is 0 Å². The summed E-state index contributed by atoms with van der Waals surface area (Å²) in [5.74, 6) is 0. The number of ether oxygens (including phenoxy) is 1. The van der Waals surface area contributed by atoms with Gasteiger partial charge in [-0.15, -0.1) is 0 Å². The molecule has 1 aliphatic rings. The molecule has 4 atom stereocenters. The summed E-state index contributed by atoms with van der Waals surface area (Å²) in [5.41, 5.74) is 0. The van der Waals surface area contributed by atoms with Gasteiger partial charge in [0.1, 0.15) is 12.2 Å². The van der Waals surface area contributed by atoms with Crippen LogP contribution in [0.5, 0.6) is 0 Å². The molecule has 0 saturated carbocycles. The molecule has 0 spiro atoms. The van der Waals surface area contributed by atoms with Gasteiger partial charge >= 0.3 is 0 Å². The maximum absolute atomic E-state index is 9.46. The molecular weight excluding hydrogens is 174 g/mol. The van der Waals surface area contributed by atoms with Crippen LogP contribution in [0, 0.1) is 0 Å². The molecule has 0 aromatic rings. The van der Waals surface area contributed by atoms with Crippen molar-refractivity contribution < 1.29 is 20.1 Å². The van der Waals surface area contributed by atoms with E-state index in [1.165, 1.54) is 0 Å². The fourth-order valence-electron chi connectivity index (χ4n) is 1.39. The smallest absolute Gasteiger partial charge is 0.157 e. The molecular formula is C8H17NO4. The van der Waals surface area contributed by atoms with Crippen molar-refractivity contribution in [2.24, 2.45) is 0 Å². The average Bonchev–Trinajstić information content (AvgIpc) is 2.09. The highest BCUT2D eigenvalue weighted by Crippen LogP contribution is 2.18. The van der Waals surface area contributed by atoms with E-state index in [2.05, 4.69) is 5.32 Å². The lowest BCUT2D eigenvalue weighted by Crippen LogP contribution is -2.52. The van der Waals surface area contributed by atoms with Crippen LogP contribution in [0.15, 0.2) is 0 Å². The van der Waals surface area contributed by atoms with Crippen molar-refractivity contribution in [2.45, 2.75) is 37.9 Å². The van der Waals surface area contributed by atoms with Gasteiger partial charge in [-0.2, -0.15) is 0 Å². The molecule has 78 valence electrons. The molecule has 1 aliphatic heterocycles. The zero-order valence-electron chi connectivity index (χ0n) is 7.68. The van der Waals surface area contributed by atoms with E-state index in [4.69, 9.17) is 9.84 Å². The second-order valence-electron chi connectivity index (χ2n) is 3.23. The Morgan fingerprint density at radius 1 is 1.38 bits per heavy atom. The van der Waals surface area contributed by atoms with Crippen molar-refractivity contribution in [1.82, 2.24) is 5.32 Å². The van der Waals surface area contributed by atoms with Crippen molar-refractivity contribution in [3.05, 3.63) is 0 Å². The summed E-state index contributed by atoms with van der Waals surface area (Å²) in [6.45, 7) is 3.13. The van der Waals surface area contributed by atoms with Crippen LogP contribution in [0.1, 0.15) is 13.3 Å². The van der Waals surface area contributed by atoms with Gasteiger partial charge in [0.2, 0.25) is 0 Å². The van der Waals surface area contributed by atoms with E-state index in [1.807, 2.05) is 6.92 Å². The first-order valence-corrected chi connectivity index (χ1v) is 4.55. The van der Waals surface area contributed by atoms with E-state index < -0.39 is 24.6 Å². The molecule has 1 fully saturated rings. The predicted octanol–water partition coefficient (Wildman–Crippen LogP) is -1.57. The summed E-state index contributed by atoms with van der Waals surface area (Å²) >= 11 is 0. The van der Waals surface area contributed by atoms with Crippen molar-refractivity contribution in [1.29, 1.82) is 0 Å². The van der Waals surface area contributed by atoms with Gasteiger partial charge in [-0.05, 0) is 6.54 Å². The van der Waals surface area contributed by atoms with E-state index in [9.17, 15) is 10.2 Å². The van der Waals surface area contributed by atoms with Crippen LogP contribution in [-0.2, 0) is 4.74 Å². The van der Waals surface area contributed by atoms with Crippen molar-refractivity contribution in [2.75, 3.05) is 13.1 Å². The molecule has 4 N–H and O–H groups in total. The number of aliphatic hydroxyl groups is 3. The zero-order valence-corrected chi connectivity index (χ0v) is 7.68. The fourth-order valence-corrected chi connectivity index (χ4v) is 1.39. The summed E-state index contributed by atoms with van der Waals surface area (Å²) in [7, 11) is 0. The number of hydrogen-bond donors (Lipinski definition) is 4. The van der Waals surface area contributed by atoms with Crippen LogP contribution in [0.2, 0.25) is 0 Å². The van der Waals surface area contributed by atoms with Crippen LogP contribution < -0.4 is 5.32 Å². The number of nitrogens with one attached hydrogen (secondary N) is 1. The molecule has 0 bridgehead atoms. The zero-order chi connectivity index (χ0) is 9.84. The first kappa shape index (κ1) is 10.9. The lowest BCUT2D eigenvalue weighted by molar-refractivity contribution is -0.230. The van der Waals surface area contributed by atoms with E-state index in [1.54, 1.807) is 0 Å². The molecule has 0 radical (unpaired) electrons. The van der Waals surface area contributed by atoms with Gasteiger partial charge in [0.15, 0.2) is 6.29 Å². The SMILES string of the molecule is CCNC[C@H]1O[C@@H](O)C[C@@H](O)[C@@H]1O. The van der Waals surface area contributed by atoms with Crippen LogP contribution in [-0.4, -0.2) is 53.0 Å². The predicted molar refractivity (Wildman–Crippen MR) is 46.1 cm³/mol. The largest absolute Gasteiger partial charge is 0.390 e. The second-order valence-corrected chi connectivity index (χ2v) is 3.23. The first-order chi connectivity index (χ1) is 6.15. The van der Waals surface area contributed by atoms with Crippen LogP contribution in [0.4, 0.5) is 0 Å². The Kier molecular flexibility index (Phi) is 4.08. The van der Waals surface area contributed by atoms with Gasteiger partial charge < -0.3 is 25.4 Å².